The first-order valence-corrected chi connectivity index (χ1v) is 5.69. The van der Waals surface area contributed by atoms with Crippen LogP contribution in [0.2, 0.25) is 0 Å². The lowest BCUT2D eigenvalue weighted by molar-refractivity contribution is 0.291. The summed E-state index contributed by atoms with van der Waals surface area (Å²) in [7, 11) is 0. The van der Waals surface area contributed by atoms with Crippen molar-refractivity contribution in [3.63, 3.8) is 0 Å². The molecule has 0 heterocycles. The Morgan fingerprint density at radius 2 is 2.00 bits per heavy atom. The molecule has 0 unspecified atom stereocenters. The maximum Gasteiger partial charge on any atom is 0.165 e. The Morgan fingerprint density at radius 1 is 1.20 bits per heavy atom. The van der Waals surface area contributed by atoms with Gasteiger partial charge in [-0.25, -0.2) is 4.39 Å². The fourth-order valence-corrected chi connectivity index (χ4v) is 1.42. The van der Waals surface area contributed by atoms with E-state index in [9.17, 15) is 4.39 Å². The minimum absolute atomic E-state index is 0.245. The predicted molar refractivity (Wildman–Crippen MR) is 60.8 cm³/mol. The molecule has 0 saturated heterocycles. The lowest BCUT2D eigenvalue weighted by Gasteiger charge is -2.07. The van der Waals surface area contributed by atoms with Gasteiger partial charge in [-0.1, -0.05) is 32.8 Å². The van der Waals surface area contributed by atoms with E-state index in [1.165, 1.54) is 0 Å². The van der Waals surface area contributed by atoms with Gasteiger partial charge in [0.1, 0.15) is 0 Å². The Kier molecular flexibility index (Phi) is 5.16. The molecule has 0 amide bonds. The molecule has 0 aliphatic carbocycles. The van der Waals surface area contributed by atoms with Crippen molar-refractivity contribution in [2.75, 3.05) is 6.61 Å². The first-order chi connectivity index (χ1) is 7.27. The second-order valence-electron chi connectivity index (χ2n) is 3.67. The van der Waals surface area contributed by atoms with Crippen LogP contribution >= 0.6 is 0 Å². The molecule has 2 heteroatoms. The monoisotopic (exact) mass is 210 g/mol. The number of halogens is 1. The summed E-state index contributed by atoms with van der Waals surface area (Å²) in [5, 5.41) is 0. The molecule has 0 fully saturated rings. The normalized spacial score (nSPS) is 10.3. The zero-order valence-electron chi connectivity index (χ0n) is 9.55. The molecular formula is C13H19FO. The average Bonchev–Trinajstić information content (AvgIpc) is 2.26. The smallest absolute Gasteiger partial charge is 0.165 e. The van der Waals surface area contributed by atoms with Gasteiger partial charge in [-0.2, -0.15) is 0 Å². The molecule has 1 aromatic carbocycles. The Bertz CT molecular complexity index is 297. The third-order valence-corrected chi connectivity index (χ3v) is 2.41. The molecule has 0 spiro atoms. The van der Waals surface area contributed by atoms with Gasteiger partial charge in [0, 0.05) is 0 Å². The molecule has 0 atom stereocenters. The van der Waals surface area contributed by atoms with E-state index in [0.717, 1.165) is 31.2 Å². The highest BCUT2D eigenvalue weighted by atomic mass is 19.1. The lowest BCUT2D eigenvalue weighted by Crippen LogP contribution is -1.99. The number of unbranched alkanes of at least 4 members (excludes halogenated alkanes) is 2. The highest BCUT2D eigenvalue weighted by Gasteiger charge is 2.03. The second kappa shape index (κ2) is 6.44. The molecule has 15 heavy (non-hydrogen) atoms. The lowest BCUT2D eigenvalue weighted by atomic mass is 10.1. The van der Waals surface area contributed by atoms with Gasteiger partial charge in [0.05, 0.1) is 6.61 Å². The highest BCUT2D eigenvalue weighted by molar-refractivity contribution is 5.29. The molecule has 0 aromatic heterocycles. The fraction of sp³-hybridized carbons (Fsp3) is 0.538. The van der Waals surface area contributed by atoms with Gasteiger partial charge in [-0.3, -0.25) is 0 Å². The van der Waals surface area contributed by atoms with Crippen LogP contribution in [0.25, 0.3) is 0 Å². The first-order valence-electron chi connectivity index (χ1n) is 5.69. The van der Waals surface area contributed by atoms with Gasteiger partial charge in [0.25, 0.3) is 0 Å². The molecule has 0 saturated carbocycles. The van der Waals surface area contributed by atoms with E-state index in [4.69, 9.17) is 4.74 Å². The number of aryl methyl sites for hydroxylation is 1. The van der Waals surface area contributed by atoms with Crippen LogP contribution in [0, 0.1) is 5.82 Å². The van der Waals surface area contributed by atoms with Crippen molar-refractivity contribution in [1.29, 1.82) is 0 Å². The molecule has 0 bridgehead atoms. The van der Waals surface area contributed by atoms with Gasteiger partial charge < -0.3 is 4.74 Å². The number of rotatable bonds is 6. The minimum Gasteiger partial charge on any atom is -0.491 e. The zero-order chi connectivity index (χ0) is 11.1. The fourth-order valence-electron chi connectivity index (χ4n) is 1.42. The number of benzene rings is 1. The second-order valence-corrected chi connectivity index (χ2v) is 3.67. The van der Waals surface area contributed by atoms with Gasteiger partial charge >= 0.3 is 0 Å². The van der Waals surface area contributed by atoms with E-state index in [0.29, 0.717) is 12.4 Å². The summed E-state index contributed by atoms with van der Waals surface area (Å²) in [6, 6.07) is 5.19. The van der Waals surface area contributed by atoms with Crippen molar-refractivity contribution in [2.45, 2.75) is 39.5 Å². The third kappa shape index (κ3) is 3.90. The van der Waals surface area contributed by atoms with E-state index in [1.807, 2.05) is 13.0 Å². The summed E-state index contributed by atoms with van der Waals surface area (Å²) in [4.78, 5) is 0. The third-order valence-electron chi connectivity index (χ3n) is 2.41. The van der Waals surface area contributed by atoms with Crippen molar-refractivity contribution < 1.29 is 9.13 Å². The van der Waals surface area contributed by atoms with Crippen LogP contribution in [0.4, 0.5) is 4.39 Å². The summed E-state index contributed by atoms with van der Waals surface area (Å²) in [5.74, 6) is 0.133. The van der Waals surface area contributed by atoms with E-state index in [2.05, 4.69) is 6.92 Å². The van der Waals surface area contributed by atoms with Gasteiger partial charge in [0.2, 0.25) is 0 Å². The van der Waals surface area contributed by atoms with Crippen molar-refractivity contribution in [1.82, 2.24) is 0 Å². The van der Waals surface area contributed by atoms with Gasteiger partial charge in [0.15, 0.2) is 11.6 Å². The predicted octanol–water partition coefficient (Wildman–Crippen LogP) is 3.96. The van der Waals surface area contributed by atoms with Gasteiger partial charge in [-0.05, 0) is 30.5 Å². The van der Waals surface area contributed by atoms with Crippen LogP contribution < -0.4 is 4.74 Å². The maximum absolute atomic E-state index is 13.4. The van der Waals surface area contributed by atoms with Crippen LogP contribution in [0.15, 0.2) is 18.2 Å². The first kappa shape index (κ1) is 12.0. The van der Waals surface area contributed by atoms with Crippen molar-refractivity contribution in [2.24, 2.45) is 0 Å². The zero-order valence-corrected chi connectivity index (χ0v) is 9.55. The van der Waals surface area contributed by atoms with E-state index in [-0.39, 0.29) is 5.82 Å². The number of hydrogen-bond donors (Lipinski definition) is 0. The summed E-state index contributed by atoms with van der Waals surface area (Å²) < 4.78 is 18.8. The minimum atomic E-state index is -0.245. The molecule has 0 aliphatic rings. The van der Waals surface area contributed by atoms with Crippen molar-refractivity contribution >= 4 is 0 Å². The van der Waals surface area contributed by atoms with Gasteiger partial charge in [-0.15, -0.1) is 0 Å². The molecule has 1 nitrogen and oxygen atoms in total. The van der Waals surface area contributed by atoms with E-state index >= 15 is 0 Å². The molecule has 0 N–H and O–H groups in total. The van der Waals surface area contributed by atoms with Crippen LogP contribution in [0.3, 0.4) is 0 Å². The van der Waals surface area contributed by atoms with Crippen LogP contribution in [0.5, 0.6) is 5.75 Å². The van der Waals surface area contributed by atoms with E-state index < -0.39 is 0 Å². The molecule has 1 rings (SSSR count). The average molecular weight is 210 g/mol. The van der Waals surface area contributed by atoms with Crippen molar-refractivity contribution in [3.05, 3.63) is 29.6 Å². The molecule has 0 radical (unpaired) electrons. The van der Waals surface area contributed by atoms with Crippen LogP contribution in [-0.4, -0.2) is 6.61 Å². The molecular weight excluding hydrogens is 191 g/mol. The van der Waals surface area contributed by atoms with Crippen molar-refractivity contribution in [3.8, 4) is 5.75 Å². The Hall–Kier alpha value is -1.05. The number of hydrogen-bond acceptors (Lipinski definition) is 1. The standard InChI is InChI=1S/C13H19FO/c1-3-5-6-9-15-13-8-7-11(4-2)10-12(13)14/h7-8,10H,3-6,9H2,1-2H3. The van der Waals surface area contributed by atoms with Crippen LogP contribution in [0.1, 0.15) is 38.7 Å². The SMILES string of the molecule is CCCCCOc1ccc(CC)cc1F. The highest BCUT2D eigenvalue weighted by Crippen LogP contribution is 2.18. The quantitative estimate of drug-likeness (QED) is 0.646. The maximum atomic E-state index is 13.4. The molecule has 1 aromatic rings. The molecule has 0 aliphatic heterocycles. The Labute approximate surface area is 91.3 Å². The Balaban J connectivity index is 2.47. The molecule has 84 valence electrons. The summed E-state index contributed by atoms with van der Waals surface area (Å²) in [6.07, 6.45) is 4.13. The summed E-state index contributed by atoms with van der Waals surface area (Å²) >= 11 is 0. The summed E-state index contributed by atoms with van der Waals surface area (Å²) in [5.41, 5.74) is 1.01. The number of ether oxygens (including phenoxy) is 1. The Morgan fingerprint density at radius 3 is 2.60 bits per heavy atom. The largest absolute Gasteiger partial charge is 0.491 e. The van der Waals surface area contributed by atoms with E-state index in [1.54, 1.807) is 12.1 Å². The summed E-state index contributed by atoms with van der Waals surface area (Å²) in [6.45, 7) is 4.75. The van der Waals surface area contributed by atoms with Crippen LogP contribution in [-0.2, 0) is 6.42 Å². The topological polar surface area (TPSA) is 9.23 Å².